The maximum Gasteiger partial charge on any atom is 0.153 e. The molecule has 0 saturated heterocycles. The molecule has 1 aliphatic carbocycles. The van der Waals surface area contributed by atoms with E-state index in [1.165, 1.54) is 19.3 Å². The molecule has 0 aromatic rings. The number of ketones is 1. The molecule has 16 heavy (non-hydrogen) atoms. The van der Waals surface area contributed by atoms with E-state index in [4.69, 9.17) is 5.26 Å². The number of carbonyl (C=O) groups excluding carboxylic acids is 1. The second kappa shape index (κ2) is 6.68. The van der Waals surface area contributed by atoms with Crippen LogP contribution in [0.5, 0.6) is 0 Å². The molecule has 2 nitrogen and oxygen atoms in total. The standard InChI is InChI=1S/C14H23NO/c1-11(2)13(10-15)14(16)12-8-6-4-3-5-7-9-12/h11-13H,3-9H2,1-2H3. The fourth-order valence-corrected chi connectivity index (χ4v) is 2.54. The van der Waals surface area contributed by atoms with Crippen LogP contribution in [0.2, 0.25) is 0 Å². The number of hydrogen-bond acceptors (Lipinski definition) is 2. The summed E-state index contributed by atoms with van der Waals surface area (Å²) in [4.78, 5) is 12.2. The summed E-state index contributed by atoms with van der Waals surface area (Å²) in [5.41, 5.74) is 0. The van der Waals surface area contributed by atoms with Crippen molar-refractivity contribution in [3.8, 4) is 6.07 Å². The minimum atomic E-state index is -0.385. The molecule has 0 heterocycles. The van der Waals surface area contributed by atoms with Crippen LogP contribution in [0, 0.1) is 29.1 Å². The number of carbonyl (C=O) groups is 1. The minimum Gasteiger partial charge on any atom is -0.298 e. The Kier molecular flexibility index (Phi) is 5.52. The van der Waals surface area contributed by atoms with E-state index in [1.807, 2.05) is 13.8 Å². The molecule has 0 aromatic carbocycles. The van der Waals surface area contributed by atoms with Crippen molar-refractivity contribution in [1.29, 1.82) is 5.26 Å². The maximum atomic E-state index is 12.2. The highest BCUT2D eigenvalue weighted by atomic mass is 16.1. The fourth-order valence-electron chi connectivity index (χ4n) is 2.54. The van der Waals surface area contributed by atoms with Crippen LogP contribution >= 0.6 is 0 Å². The molecule has 90 valence electrons. The molecule has 2 heteroatoms. The Labute approximate surface area is 99.0 Å². The average molecular weight is 221 g/mol. The molecule has 0 aromatic heterocycles. The Bertz CT molecular complexity index is 256. The summed E-state index contributed by atoms with van der Waals surface area (Å²) in [6, 6.07) is 2.19. The van der Waals surface area contributed by atoms with Crippen LogP contribution in [0.3, 0.4) is 0 Å². The van der Waals surface area contributed by atoms with Crippen molar-refractivity contribution in [2.45, 2.75) is 58.8 Å². The van der Waals surface area contributed by atoms with E-state index < -0.39 is 0 Å². The predicted molar refractivity (Wildman–Crippen MR) is 64.8 cm³/mol. The summed E-state index contributed by atoms with van der Waals surface area (Å²) in [5.74, 6) is 0.138. The van der Waals surface area contributed by atoms with E-state index in [-0.39, 0.29) is 23.5 Å². The first-order valence-electron chi connectivity index (χ1n) is 6.60. The van der Waals surface area contributed by atoms with E-state index in [0.717, 1.165) is 25.7 Å². The predicted octanol–water partition coefficient (Wildman–Crippen LogP) is 3.71. The molecule has 1 fully saturated rings. The third-order valence-electron chi connectivity index (χ3n) is 3.62. The van der Waals surface area contributed by atoms with Crippen molar-refractivity contribution < 1.29 is 4.79 Å². The van der Waals surface area contributed by atoms with Crippen LogP contribution in [0.1, 0.15) is 58.8 Å². The summed E-state index contributed by atoms with van der Waals surface area (Å²) in [6.07, 6.45) is 8.14. The molecule has 0 aliphatic heterocycles. The highest BCUT2D eigenvalue weighted by molar-refractivity contribution is 5.85. The maximum absolute atomic E-state index is 12.2. The summed E-state index contributed by atoms with van der Waals surface area (Å²) in [6.45, 7) is 3.93. The molecule has 1 saturated carbocycles. The van der Waals surface area contributed by atoms with Gasteiger partial charge in [-0.2, -0.15) is 5.26 Å². The number of rotatable bonds is 3. The SMILES string of the molecule is CC(C)C(C#N)C(=O)C1CCCCCCC1. The van der Waals surface area contributed by atoms with Gasteiger partial charge in [0.15, 0.2) is 5.78 Å². The first kappa shape index (κ1) is 13.2. The Hall–Kier alpha value is -0.840. The van der Waals surface area contributed by atoms with Crippen molar-refractivity contribution >= 4 is 5.78 Å². The molecule has 0 bridgehead atoms. The zero-order valence-corrected chi connectivity index (χ0v) is 10.5. The van der Waals surface area contributed by atoms with Gasteiger partial charge in [-0.3, -0.25) is 4.79 Å². The van der Waals surface area contributed by atoms with Gasteiger partial charge >= 0.3 is 0 Å². The summed E-state index contributed by atoms with van der Waals surface area (Å²) in [7, 11) is 0. The van der Waals surface area contributed by atoms with Gasteiger partial charge in [0, 0.05) is 5.92 Å². The molecular weight excluding hydrogens is 198 g/mol. The number of nitrogens with zero attached hydrogens (tertiary/aromatic N) is 1. The molecule has 1 unspecified atom stereocenters. The minimum absolute atomic E-state index is 0.156. The zero-order valence-electron chi connectivity index (χ0n) is 10.5. The first-order valence-corrected chi connectivity index (χ1v) is 6.60. The quantitative estimate of drug-likeness (QED) is 0.729. The van der Waals surface area contributed by atoms with Crippen LogP contribution in [-0.4, -0.2) is 5.78 Å². The average Bonchev–Trinajstić information content (AvgIpc) is 2.16. The Morgan fingerprint density at radius 1 is 1.12 bits per heavy atom. The number of Topliss-reactive ketones (excluding diaryl/α,β-unsaturated/α-hetero) is 1. The van der Waals surface area contributed by atoms with Crippen LogP contribution in [-0.2, 0) is 4.79 Å². The van der Waals surface area contributed by atoms with Gasteiger partial charge in [0.1, 0.15) is 5.92 Å². The normalized spacial score (nSPS) is 20.9. The van der Waals surface area contributed by atoms with Crippen molar-refractivity contribution in [3.05, 3.63) is 0 Å². The monoisotopic (exact) mass is 221 g/mol. The smallest absolute Gasteiger partial charge is 0.153 e. The Balaban J connectivity index is 2.59. The lowest BCUT2D eigenvalue weighted by molar-refractivity contribution is -0.126. The van der Waals surface area contributed by atoms with Crippen LogP contribution in [0.4, 0.5) is 0 Å². The molecular formula is C14H23NO. The lowest BCUT2D eigenvalue weighted by atomic mass is 9.80. The third-order valence-corrected chi connectivity index (χ3v) is 3.62. The van der Waals surface area contributed by atoms with Crippen molar-refractivity contribution in [3.63, 3.8) is 0 Å². The zero-order chi connectivity index (χ0) is 12.0. The summed E-state index contributed by atoms with van der Waals surface area (Å²) < 4.78 is 0. The number of nitriles is 1. The van der Waals surface area contributed by atoms with Crippen LogP contribution < -0.4 is 0 Å². The second-order valence-electron chi connectivity index (χ2n) is 5.30. The van der Waals surface area contributed by atoms with Gasteiger partial charge in [0.2, 0.25) is 0 Å². The summed E-state index contributed by atoms with van der Waals surface area (Å²) >= 11 is 0. The van der Waals surface area contributed by atoms with E-state index in [0.29, 0.717) is 0 Å². The topological polar surface area (TPSA) is 40.9 Å². The third kappa shape index (κ3) is 3.63. The molecule has 1 aliphatic rings. The number of hydrogen-bond donors (Lipinski definition) is 0. The molecule has 1 atom stereocenters. The van der Waals surface area contributed by atoms with E-state index >= 15 is 0 Å². The van der Waals surface area contributed by atoms with Crippen molar-refractivity contribution in [2.24, 2.45) is 17.8 Å². The Morgan fingerprint density at radius 2 is 1.62 bits per heavy atom. The van der Waals surface area contributed by atoms with Gasteiger partial charge in [0.05, 0.1) is 6.07 Å². The first-order chi connectivity index (χ1) is 7.66. The molecule has 0 radical (unpaired) electrons. The van der Waals surface area contributed by atoms with Gasteiger partial charge in [-0.1, -0.05) is 46.0 Å². The van der Waals surface area contributed by atoms with E-state index in [1.54, 1.807) is 0 Å². The molecule has 0 spiro atoms. The fraction of sp³-hybridized carbons (Fsp3) is 0.857. The second-order valence-corrected chi connectivity index (χ2v) is 5.30. The highest BCUT2D eigenvalue weighted by Crippen LogP contribution is 2.27. The largest absolute Gasteiger partial charge is 0.298 e. The molecule has 1 rings (SSSR count). The van der Waals surface area contributed by atoms with Gasteiger partial charge in [-0.05, 0) is 18.8 Å². The highest BCUT2D eigenvalue weighted by Gasteiger charge is 2.28. The lowest BCUT2D eigenvalue weighted by Gasteiger charge is -2.22. The Morgan fingerprint density at radius 3 is 2.06 bits per heavy atom. The van der Waals surface area contributed by atoms with Crippen molar-refractivity contribution in [1.82, 2.24) is 0 Å². The van der Waals surface area contributed by atoms with Crippen LogP contribution in [0.25, 0.3) is 0 Å². The van der Waals surface area contributed by atoms with Gasteiger partial charge in [-0.15, -0.1) is 0 Å². The van der Waals surface area contributed by atoms with Crippen molar-refractivity contribution in [2.75, 3.05) is 0 Å². The van der Waals surface area contributed by atoms with E-state index in [2.05, 4.69) is 6.07 Å². The van der Waals surface area contributed by atoms with Gasteiger partial charge < -0.3 is 0 Å². The van der Waals surface area contributed by atoms with Gasteiger partial charge in [0.25, 0.3) is 0 Å². The molecule has 0 amide bonds. The summed E-state index contributed by atoms with van der Waals surface area (Å²) in [5, 5.41) is 9.05. The van der Waals surface area contributed by atoms with Gasteiger partial charge in [-0.25, -0.2) is 0 Å². The lowest BCUT2D eigenvalue weighted by Crippen LogP contribution is -2.27. The molecule has 0 N–H and O–H groups in total. The van der Waals surface area contributed by atoms with Crippen LogP contribution in [0.15, 0.2) is 0 Å². The van der Waals surface area contributed by atoms with E-state index in [9.17, 15) is 4.79 Å².